The predicted molar refractivity (Wildman–Crippen MR) is 119 cm³/mol. The molecule has 0 fully saturated rings. The van der Waals surface area contributed by atoms with Gasteiger partial charge < -0.3 is 19.5 Å². The van der Waals surface area contributed by atoms with Crippen LogP contribution in [0.5, 0.6) is 17.2 Å². The second-order valence-corrected chi connectivity index (χ2v) is 7.74. The highest BCUT2D eigenvalue weighted by Crippen LogP contribution is 2.42. The van der Waals surface area contributed by atoms with Crippen LogP contribution in [0.2, 0.25) is 0 Å². The molecule has 2 aliphatic rings. The van der Waals surface area contributed by atoms with E-state index in [-0.39, 0.29) is 5.78 Å². The van der Waals surface area contributed by atoms with Crippen LogP contribution in [0.3, 0.4) is 0 Å². The Bertz CT molecular complexity index is 1210. The molecule has 0 unspecified atom stereocenters. The zero-order valence-electron chi connectivity index (χ0n) is 18.2. The van der Waals surface area contributed by atoms with Gasteiger partial charge in [0.2, 0.25) is 5.95 Å². The number of ether oxygens (including phenoxy) is 3. The van der Waals surface area contributed by atoms with Crippen LogP contribution >= 0.6 is 0 Å². The molecule has 1 aliphatic heterocycles. The average molecular weight is 432 g/mol. The van der Waals surface area contributed by atoms with Gasteiger partial charge in [0.1, 0.15) is 11.8 Å². The third-order valence-electron chi connectivity index (χ3n) is 5.94. The lowest BCUT2D eigenvalue weighted by molar-refractivity contribution is -0.116. The van der Waals surface area contributed by atoms with Crippen molar-refractivity contribution in [3.05, 3.63) is 59.3 Å². The average Bonchev–Trinajstić information content (AvgIpc) is 3.26. The fourth-order valence-corrected chi connectivity index (χ4v) is 4.35. The lowest BCUT2D eigenvalue weighted by Crippen LogP contribution is -2.31. The van der Waals surface area contributed by atoms with E-state index in [1.807, 2.05) is 42.5 Å². The zero-order chi connectivity index (χ0) is 22.2. The van der Waals surface area contributed by atoms with Crippen LogP contribution in [0.25, 0.3) is 11.4 Å². The summed E-state index contributed by atoms with van der Waals surface area (Å²) >= 11 is 0. The molecule has 2 aromatic carbocycles. The Morgan fingerprint density at radius 2 is 1.75 bits per heavy atom. The lowest BCUT2D eigenvalue weighted by Gasteiger charge is -2.32. The molecule has 1 aromatic heterocycles. The fourth-order valence-electron chi connectivity index (χ4n) is 4.35. The highest BCUT2D eigenvalue weighted by atomic mass is 16.5. The molecule has 164 valence electrons. The molecule has 1 aliphatic carbocycles. The minimum atomic E-state index is -0.395. The number of ketones is 1. The Balaban J connectivity index is 1.65. The quantitative estimate of drug-likeness (QED) is 0.652. The summed E-state index contributed by atoms with van der Waals surface area (Å²) in [7, 11) is 4.83. The van der Waals surface area contributed by atoms with Crippen molar-refractivity contribution in [2.24, 2.45) is 0 Å². The number of methoxy groups -OCH3 is 3. The van der Waals surface area contributed by atoms with Crippen LogP contribution in [0.4, 0.5) is 5.95 Å². The summed E-state index contributed by atoms with van der Waals surface area (Å²) in [5, 5.41) is 8.16. The number of benzene rings is 2. The van der Waals surface area contributed by atoms with Crippen molar-refractivity contribution in [2.75, 3.05) is 26.6 Å². The van der Waals surface area contributed by atoms with E-state index in [9.17, 15) is 4.79 Å². The summed E-state index contributed by atoms with van der Waals surface area (Å²) in [6, 6.07) is 12.9. The Morgan fingerprint density at radius 3 is 2.47 bits per heavy atom. The van der Waals surface area contributed by atoms with E-state index in [2.05, 4.69) is 5.32 Å². The van der Waals surface area contributed by atoms with Crippen LogP contribution in [-0.4, -0.2) is 41.9 Å². The van der Waals surface area contributed by atoms with Gasteiger partial charge in [-0.1, -0.05) is 6.07 Å². The second-order valence-electron chi connectivity index (χ2n) is 7.74. The standard InChI is InChI=1S/C24H24N4O4/c1-30-16-10-7-14(8-11-16)23-26-24-25-17-5-4-6-18(29)21(17)22(28(24)27-23)15-9-12-19(31-2)20(13-15)32-3/h7-13,22H,4-6H2,1-3H3,(H,25,26,27)/t22-/m0/s1. The molecule has 0 radical (unpaired) electrons. The van der Waals surface area contributed by atoms with Crippen molar-refractivity contribution < 1.29 is 19.0 Å². The molecular weight excluding hydrogens is 408 g/mol. The Morgan fingerprint density at radius 1 is 0.969 bits per heavy atom. The van der Waals surface area contributed by atoms with Crippen molar-refractivity contribution in [1.82, 2.24) is 14.8 Å². The number of aromatic nitrogens is 3. The number of fused-ring (bicyclic) bond motifs is 1. The van der Waals surface area contributed by atoms with Crippen LogP contribution in [0.15, 0.2) is 53.7 Å². The number of carbonyl (C=O) groups is 1. The number of anilines is 1. The summed E-state index contributed by atoms with van der Waals surface area (Å²) < 4.78 is 18.0. The molecular formula is C24H24N4O4. The maximum atomic E-state index is 13.0. The summed E-state index contributed by atoms with van der Waals surface area (Å²) in [4.78, 5) is 17.8. The monoisotopic (exact) mass is 432 g/mol. The molecule has 2 heterocycles. The van der Waals surface area contributed by atoms with Crippen LogP contribution in [0, 0.1) is 0 Å². The largest absolute Gasteiger partial charge is 0.497 e. The zero-order valence-corrected chi connectivity index (χ0v) is 18.2. The van der Waals surface area contributed by atoms with Gasteiger partial charge in [0, 0.05) is 23.3 Å². The molecule has 8 nitrogen and oxygen atoms in total. The van der Waals surface area contributed by atoms with Gasteiger partial charge in [0.25, 0.3) is 0 Å². The van der Waals surface area contributed by atoms with Crippen molar-refractivity contribution in [3.63, 3.8) is 0 Å². The topological polar surface area (TPSA) is 87.5 Å². The van der Waals surface area contributed by atoms with E-state index >= 15 is 0 Å². The first-order chi connectivity index (χ1) is 15.6. The number of nitrogens with one attached hydrogen (secondary N) is 1. The minimum absolute atomic E-state index is 0.130. The van der Waals surface area contributed by atoms with Gasteiger partial charge in [-0.25, -0.2) is 4.68 Å². The highest BCUT2D eigenvalue weighted by Gasteiger charge is 2.37. The summed E-state index contributed by atoms with van der Waals surface area (Å²) in [6.45, 7) is 0. The first-order valence-corrected chi connectivity index (χ1v) is 10.5. The normalized spacial score (nSPS) is 17.3. The molecule has 0 bridgehead atoms. The minimum Gasteiger partial charge on any atom is -0.497 e. The number of allylic oxidation sites excluding steroid dienone is 2. The van der Waals surface area contributed by atoms with Crippen LogP contribution in [0.1, 0.15) is 30.9 Å². The van der Waals surface area contributed by atoms with E-state index < -0.39 is 6.04 Å². The van der Waals surface area contributed by atoms with E-state index in [0.29, 0.717) is 29.7 Å². The third kappa shape index (κ3) is 3.28. The number of hydrogen-bond donors (Lipinski definition) is 1. The first kappa shape index (κ1) is 20.1. The molecule has 1 N–H and O–H groups in total. The second kappa shape index (κ2) is 8.03. The van der Waals surface area contributed by atoms with E-state index in [1.165, 1.54) is 0 Å². The van der Waals surface area contributed by atoms with Gasteiger partial charge in [-0.15, -0.1) is 5.10 Å². The molecule has 3 aromatic rings. The molecule has 0 amide bonds. The van der Waals surface area contributed by atoms with Crippen molar-refractivity contribution in [3.8, 4) is 28.6 Å². The summed E-state index contributed by atoms with van der Waals surface area (Å²) in [6.07, 6.45) is 2.15. The number of Topliss-reactive ketones (excluding diaryl/α,β-unsaturated/α-hetero) is 1. The molecule has 0 spiro atoms. The fraction of sp³-hybridized carbons (Fsp3) is 0.292. The SMILES string of the molecule is COc1ccc(-c2nc3n(n2)[C@@H](c2ccc(OC)c(OC)c2)C2=C(CCCC2=O)N3)cc1. The molecule has 5 rings (SSSR count). The van der Waals surface area contributed by atoms with Crippen molar-refractivity contribution >= 4 is 11.7 Å². The molecule has 0 saturated heterocycles. The molecule has 8 heteroatoms. The van der Waals surface area contributed by atoms with Crippen LogP contribution in [-0.2, 0) is 4.79 Å². The number of nitrogens with zero attached hydrogens (tertiary/aromatic N) is 3. The van der Waals surface area contributed by atoms with Gasteiger partial charge in [-0.05, 0) is 54.8 Å². The van der Waals surface area contributed by atoms with Gasteiger partial charge in [0.05, 0.1) is 21.3 Å². The Hall–Kier alpha value is -3.81. The number of carbonyl (C=O) groups excluding carboxylic acids is 1. The maximum absolute atomic E-state index is 13.0. The third-order valence-corrected chi connectivity index (χ3v) is 5.94. The van der Waals surface area contributed by atoms with E-state index in [0.717, 1.165) is 41.0 Å². The Labute approximate surface area is 185 Å². The summed E-state index contributed by atoms with van der Waals surface area (Å²) in [5.41, 5.74) is 3.41. The van der Waals surface area contributed by atoms with E-state index in [4.69, 9.17) is 24.3 Å². The lowest BCUT2D eigenvalue weighted by atomic mass is 9.85. The molecule has 0 saturated carbocycles. The van der Waals surface area contributed by atoms with Gasteiger partial charge in [-0.2, -0.15) is 4.98 Å². The maximum Gasteiger partial charge on any atom is 0.226 e. The van der Waals surface area contributed by atoms with Crippen molar-refractivity contribution in [2.45, 2.75) is 25.3 Å². The number of rotatable bonds is 5. The predicted octanol–water partition coefficient (Wildman–Crippen LogP) is 3.99. The number of hydrogen-bond acceptors (Lipinski definition) is 7. The molecule has 1 atom stereocenters. The van der Waals surface area contributed by atoms with Crippen LogP contribution < -0.4 is 19.5 Å². The van der Waals surface area contributed by atoms with E-state index in [1.54, 1.807) is 26.0 Å². The van der Waals surface area contributed by atoms with Crippen molar-refractivity contribution in [1.29, 1.82) is 0 Å². The highest BCUT2D eigenvalue weighted by molar-refractivity contribution is 5.99. The van der Waals surface area contributed by atoms with Gasteiger partial charge >= 0.3 is 0 Å². The first-order valence-electron chi connectivity index (χ1n) is 10.5. The summed E-state index contributed by atoms with van der Waals surface area (Å²) in [5.74, 6) is 3.32. The Kier molecular flexibility index (Phi) is 5.05. The van der Waals surface area contributed by atoms with Gasteiger partial charge in [0.15, 0.2) is 23.1 Å². The van der Waals surface area contributed by atoms with Gasteiger partial charge in [-0.3, -0.25) is 4.79 Å². The smallest absolute Gasteiger partial charge is 0.226 e. The molecule has 32 heavy (non-hydrogen) atoms.